The second-order valence-electron chi connectivity index (χ2n) is 6.76. The molecule has 4 aromatic rings. The van der Waals surface area contributed by atoms with E-state index in [0.717, 1.165) is 5.56 Å². The van der Waals surface area contributed by atoms with Crippen molar-refractivity contribution in [3.63, 3.8) is 0 Å². The number of ether oxygens (including phenoxy) is 1. The molecule has 1 aromatic heterocycles. The van der Waals surface area contributed by atoms with E-state index in [1.165, 1.54) is 0 Å². The second-order valence-corrected chi connectivity index (χ2v) is 6.76. The standard InChI is InChI=1S/C24H20N2O4/c1-15-8-3-4-11-18(15)23(27)26-21-19-12-5-6-13-20(19)30-22(21)24(28)25-16-9-7-10-17(14-16)29-2/h3-14H,1-2H3,(H,25,28)(H,26,27). The highest BCUT2D eigenvalue weighted by Crippen LogP contribution is 2.32. The van der Waals surface area contributed by atoms with Crippen LogP contribution in [0.1, 0.15) is 26.5 Å². The lowest BCUT2D eigenvalue weighted by Gasteiger charge is -2.09. The number of carbonyl (C=O) groups is 2. The Labute approximate surface area is 173 Å². The van der Waals surface area contributed by atoms with E-state index in [0.29, 0.717) is 33.7 Å². The highest BCUT2D eigenvalue weighted by Gasteiger charge is 2.23. The van der Waals surface area contributed by atoms with Gasteiger partial charge in [-0.05, 0) is 42.8 Å². The maximum atomic E-state index is 13.0. The first-order valence-electron chi connectivity index (χ1n) is 9.40. The molecular weight excluding hydrogens is 380 g/mol. The molecule has 1 heterocycles. The smallest absolute Gasteiger partial charge is 0.293 e. The van der Waals surface area contributed by atoms with Gasteiger partial charge in [0, 0.05) is 22.7 Å². The normalized spacial score (nSPS) is 10.6. The van der Waals surface area contributed by atoms with Crippen molar-refractivity contribution in [1.82, 2.24) is 0 Å². The topological polar surface area (TPSA) is 80.6 Å². The van der Waals surface area contributed by atoms with Crippen LogP contribution < -0.4 is 15.4 Å². The lowest BCUT2D eigenvalue weighted by molar-refractivity contribution is 0.0999. The van der Waals surface area contributed by atoms with Gasteiger partial charge in [-0.25, -0.2) is 0 Å². The van der Waals surface area contributed by atoms with Gasteiger partial charge >= 0.3 is 0 Å². The van der Waals surface area contributed by atoms with Gasteiger partial charge in [-0.15, -0.1) is 0 Å². The average Bonchev–Trinajstić information content (AvgIpc) is 3.12. The van der Waals surface area contributed by atoms with Crippen LogP contribution in [-0.2, 0) is 0 Å². The summed E-state index contributed by atoms with van der Waals surface area (Å²) in [4.78, 5) is 25.9. The lowest BCUT2D eigenvalue weighted by atomic mass is 10.1. The molecule has 0 aliphatic carbocycles. The van der Waals surface area contributed by atoms with Gasteiger partial charge in [0.15, 0.2) is 0 Å². The van der Waals surface area contributed by atoms with Gasteiger partial charge < -0.3 is 19.8 Å². The summed E-state index contributed by atoms with van der Waals surface area (Å²) in [5.74, 6) is -0.138. The zero-order valence-corrected chi connectivity index (χ0v) is 16.6. The summed E-state index contributed by atoms with van der Waals surface area (Å²) in [6.07, 6.45) is 0. The third kappa shape index (κ3) is 3.75. The summed E-state index contributed by atoms with van der Waals surface area (Å²) in [5.41, 5.74) is 2.76. The fourth-order valence-corrected chi connectivity index (χ4v) is 3.23. The summed E-state index contributed by atoms with van der Waals surface area (Å²) in [7, 11) is 1.55. The van der Waals surface area contributed by atoms with E-state index in [4.69, 9.17) is 9.15 Å². The average molecular weight is 400 g/mol. The minimum Gasteiger partial charge on any atom is -0.497 e. The Hall–Kier alpha value is -4.06. The minimum atomic E-state index is -0.473. The van der Waals surface area contributed by atoms with Crippen LogP contribution in [0.5, 0.6) is 5.75 Å². The number of hydrogen-bond acceptors (Lipinski definition) is 4. The summed E-state index contributed by atoms with van der Waals surface area (Å²) in [6.45, 7) is 1.86. The number of nitrogens with one attached hydrogen (secondary N) is 2. The quantitative estimate of drug-likeness (QED) is 0.479. The van der Waals surface area contributed by atoms with Crippen molar-refractivity contribution in [3.05, 3.63) is 89.7 Å². The number of benzene rings is 3. The molecule has 6 nitrogen and oxygen atoms in total. The van der Waals surface area contributed by atoms with E-state index in [9.17, 15) is 9.59 Å². The molecule has 30 heavy (non-hydrogen) atoms. The molecule has 0 spiro atoms. The van der Waals surface area contributed by atoms with E-state index in [1.54, 1.807) is 55.6 Å². The second kappa shape index (κ2) is 8.13. The first kappa shape index (κ1) is 19.3. The summed E-state index contributed by atoms with van der Waals surface area (Å²) >= 11 is 0. The largest absolute Gasteiger partial charge is 0.497 e. The number of methoxy groups -OCH3 is 1. The van der Waals surface area contributed by atoms with Crippen molar-refractivity contribution in [2.24, 2.45) is 0 Å². The summed E-state index contributed by atoms with van der Waals surface area (Å²) < 4.78 is 11.0. The Morgan fingerprint density at radius 3 is 2.43 bits per heavy atom. The van der Waals surface area contributed by atoms with Gasteiger partial charge in [-0.1, -0.05) is 36.4 Å². The van der Waals surface area contributed by atoms with Gasteiger partial charge in [0.2, 0.25) is 5.76 Å². The Morgan fingerprint density at radius 1 is 0.867 bits per heavy atom. The molecule has 2 N–H and O–H groups in total. The Morgan fingerprint density at radius 2 is 1.63 bits per heavy atom. The third-order valence-electron chi connectivity index (χ3n) is 4.76. The van der Waals surface area contributed by atoms with Gasteiger partial charge in [-0.2, -0.15) is 0 Å². The SMILES string of the molecule is COc1cccc(NC(=O)c2oc3ccccc3c2NC(=O)c2ccccc2C)c1. The number of fused-ring (bicyclic) bond motifs is 1. The van der Waals surface area contributed by atoms with Crippen molar-refractivity contribution >= 4 is 34.2 Å². The van der Waals surface area contributed by atoms with Gasteiger partial charge in [-0.3, -0.25) is 9.59 Å². The van der Waals surface area contributed by atoms with Crippen LogP contribution in [0.3, 0.4) is 0 Å². The summed E-state index contributed by atoms with van der Waals surface area (Å²) in [5, 5.41) is 6.30. The number of para-hydroxylation sites is 1. The number of anilines is 2. The molecule has 0 atom stereocenters. The molecule has 3 aromatic carbocycles. The number of amides is 2. The molecule has 2 amide bonds. The van der Waals surface area contributed by atoms with E-state index in [1.807, 2.05) is 31.2 Å². The molecule has 0 fully saturated rings. The zero-order valence-electron chi connectivity index (χ0n) is 16.6. The van der Waals surface area contributed by atoms with Crippen LogP contribution >= 0.6 is 0 Å². The number of aryl methyl sites for hydroxylation is 1. The third-order valence-corrected chi connectivity index (χ3v) is 4.76. The van der Waals surface area contributed by atoms with Crippen LogP contribution in [-0.4, -0.2) is 18.9 Å². The molecule has 150 valence electrons. The number of carbonyl (C=O) groups excluding carboxylic acids is 2. The molecule has 0 saturated heterocycles. The highest BCUT2D eigenvalue weighted by molar-refractivity contribution is 6.17. The van der Waals surface area contributed by atoms with Crippen LogP contribution in [0.2, 0.25) is 0 Å². The summed E-state index contributed by atoms with van der Waals surface area (Å²) in [6, 6.07) is 21.4. The van der Waals surface area contributed by atoms with Crippen LogP contribution in [0.25, 0.3) is 11.0 Å². The molecule has 0 aliphatic rings. The molecule has 6 heteroatoms. The maximum Gasteiger partial charge on any atom is 0.293 e. The van der Waals surface area contributed by atoms with Crippen molar-refractivity contribution in [3.8, 4) is 5.75 Å². The Balaban J connectivity index is 1.70. The first-order valence-corrected chi connectivity index (χ1v) is 9.40. The van der Waals surface area contributed by atoms with Gasteiger partial charge in [0.05, 0.1) is 7.11 Å². The molecule has 0 aliphatic heterocycles. The predicted molar refractivity (Wildman–Crippen MR) is 116 cm³/mol. The first-order chi connectivity index (χ1) is 14.6. The van der Waals surface area contributed by atoms with Gasteiger partial charge in [0.25, 0.3) is 11.8 Å². The van der Waals surface area contributed by atoms with Crippen molar-refractivity contribution < 1.29 is 18.7 Å². The molecule has 0 radical (unpaired) electrons. The number of hydrogen-bond donors (Lipinski definition) is 2. The monoisotopic (exact) mass is 400 g/mol. The molecule has 0 unspecified atom stereocenters. The Kier molecular flexibility index (Phi) is 5.22. The maximum absolute atomic E-state index is 13.0. The van der Waals surface area contributed by atoms with Gasteiger partial charge in [0.1, 0.15) is 17.0 Å². The Bertz CT molecular complexity index is 1240. The van der Waals surface area contributed by atoms with Crippen molar-refractivity contribution in [2.75, 3.05) is 17.7 Å². The molecule has 0 saturated carbocycles. The van der Waals surface area contributed by atoms with E-state index in [2.05, 4.69) is 10.6 Å². The van der Waals surface area contributed by atoms with Crippen molar-refractivity contribution in [2.45, 2.75) is 6.92 Å². The number of furan rings is 1. The fraction of sp³-hybridized carbons (Fsp3) is 0.0833. The van der Waals surface area contributed by atoms with Crippen LogP contribution in [0, 0.1) is 6.92 Å². The zero-order chi connectivity index (χ0) is 21.1. The minimum absolute atomic E-state index is 0.0287. The van der Waals surface area contributed by atoms with Crippen molar-refractivity contribution in [1.29, 1.82) is 0 Å². The molecule has 0 bridgehead atoms. The van der Waals surface area contributed by atoms with Crippen LogP contribution in [0.15, 0.2) is 77.2 Å². The van der Waals surface area contributed by atoms with Crippen LogP contribution in [0.4, 0.5) is 11.4 Å². The lowest BCUT2D eigenvalue weighted by Crippen LogP contribution is -2.17. The molecular formula is C24H20N2O4. The van der Waals surface area contributed by atoms with E-state index in [-0.39, 0.29) is 11.7 Å². The van der Waals surface area contributed by atoms with E-state index < -0.39 is 5.91 Å². The molecule has 4 rings (SSSR count). The predicted octanol–water partition coefficient (Wildman–Crippen LogP) is 5.25. The number of rotatable bonds is 5. The van der Waals surface area contributed by atoms with E-state index >= 15 is 0 Å². The fourth-order valence-electron chi connectivity index (χ4n) is 3.23. The highest BCUT2D eigenvalue weighted by atomic mass is 16.5.